The minimum atomic E-state index is -0.992. The molecule has 1 heterocycles. The van der Waals surface area contributed by atoms with Gasteiger partial charge < -0.3 is 15.4 Å². The first-order chi connectivity index (χ1) is 8.41. The molecule has 96 valence electrons. The van der Waals surface area contributed by atoms with Crippen LogP contribution in [-0.2, 0) is 18.3 Å². The second kappa shape index (κ2) is 4.63. The van der Waals surface area contributed by atoms with E-state index in [0.29, 0.717) is 11.4 Å². The van der Waals surface area contributed by atoms with Crippen molar-refractivity contribution in [2.45, 2.75) is 19.4 Å². The smallest absolute Gasteiger partial charge is 0.320 e. The molecule has 2 rings (SSSR count). The standard InChI is InChI=1S/C13H15ClN2O2/c1-7-9(6-11(15)13(17)18)10-5-8(14)3-4-12(10)16(7)2/h3-5,11H,6,15H2,1-2H3,(H,17,18). The highest BCUT2D eigenvalue weighted by Gasteiger charge is 2.18. The number of rotatable bonds is 3. The number of aryl methyl sites for hydroxylation is 1. The zero-order valence-corrected chi connectivity index (χ0v) is 11.0. The third kappa shape index (κ3) is 2.09. The van der Waals surface area contributed by atoms with Crippen molar-refractivity contribution in [3.05, 3.63) is 34.5 Å². The maximum absolute atomic E-state index is 10.9. The number of hydrogen-bond donors (Lipinski definition) is 2. The van der Waals surface area contributed by atoms with Crippen LogP contribution in [0.5, 0.6) is 0 Å². The largest absolute Gasteiger partial charge is 0.480 e. The summed E-state index contributed by atoms with van der Waals surface area (Å²) in [6.45, 7) is 1.96. The third-order valence-corrected chi connectivity index (χ3v) is 3.56. The van der Waals surface area contributed by atoms with Crippen LogP contribution in [0, 0.1) is 6.92 Å². The average Bonchev–Trinajstić information content (AvgIpc) is 2.54. The van der Waals surface area contributed by atoms with Crippen LogP contribution in [0.1, 0.15) is 11.3 Å². The van der Waals surface area contributed by atoms with E-state index in [4.69, 9.17) is 22.4 Å². The number of carbonyl (C=O) groups is 1. The number of benzene rings is 1. The summed E-state index contributed by atoms with van der Waals surface area (Å²) in [5, 5.41) is 10.5. The van der Waals surface area contributed by atoms with Crippen molar-refractivity contribution in [1.82, 2.24) is 4.57 Å². The van der Waals surface area contributed by atoms with Crippen LogP contribution in [0.15, 0.2) is 18.2 Å². The summed E-state index contributed by atoms with van der Waals surface area (Å²) in [6.07, 6.45) is 0.304. The number of aromatic nitrogens is 1. The van der Waals surface area contributed by atoms with Gasteiger partial charge in [-0.05, 0) is 30.7 Å². The molecule has 0 saturated heterocycles. The molecule has 1 aromatic carbocycles. The van der Waals surface area contributed by atoms with Gasteiger partial charge in [0.15, 0.2) is 0 Å². The summed E-state index contributed by atoms with van der Waals surface area (Å²) in [6, 6.07) is 4.71. The average molecular weight is 267 g/mol. The number of nitrogens with two attached hydrogens (primary N) is 1. The summed E-state index contributed by atoms with van der Waals surface area (Å²) in [4.78, 5) is 10.9. The zero-order valence-electron chi connectivity index (χ0n) is 10.3. The highest BCUT2D eigenvalue weighted by atomic mass is 35.5. The maximum atomic E-state index is 10.9. The van der Waals surface area contributed by atoms with Crippen molar-refractivity contribution in [3.8, 4) is 0 Å². The van der Waals surface area contributed by atoms with Gasteiger partial charge in [0, 0.05) is 35.1 Å². The van der Waals surface area contributed by atoms with Crippen molar-refractivity contribution in [1.29, 1.82) is 0 Å². The Labute approximate surface area is 110 Å². The van der Waals surface area contributed by atoms with Gasteiger partial charge in [-0.1, -0.05) is 11.6 Å². The molecule has 0 radical (unpaired) electrons. The molecular formula is C13H15ClN2O2. The maximum Gasteiger partial charge on any atom is 0.320 e. The molecule has 0 aliphatic carbocycles. The molecule has 0 fully saturated rings. The summed E-state index contributed by atoms with van der Waals surface area (Å²) in [5.74, 6) is -0.992. The van der Waals surface area contributed by atoms with E-state index in [1.165, 1.54) is 0 Å². The van der Waals surface area contributed by atoms with Crippen molar-refractivity contribution < 1.29 is 9.90 Å². The van der Waals surface area contributed by atoms with Crippen LogP contribution in [0.3, 0.4) is 0 Å². The third-order valence-electron chi connectivity index (χ3n) is 3.33. The van der Waals surface area contributed by atoms with E-state index in [2.05, 4.69) is 0 Å². The fraction of sp³-hybridized carbons (Fsp3) is 0.308. The van der Waals surface area contributed by atoms with Crippen LogP contribution < -0.4 is 5.73 Å². The highest BCUT2D eigenvalue weighted by Crippen LogP contribution is 2.28. The summed E-state index contributed by atoms with van der Waals surface area (Å²) in [5.41, 5.74) is 8.61. The van der Waals surface area contributed by atoms with Gasteiger partial charge in [-0.2, -0.15) is 0 Å². The lowest BCUT2D eigenvalue weighted by Gasteiger charge is -2.07. The van der Waals surface area contributed by atoms with Gasteiger partial charge in [0.2, 0.25) is 0 Å². The van der Waals surface area contributed by atoms with Gasteiger partial charge in [-0.15, -0.1) is 0 Å². The molecule has 0 amide bonds. The van der Waals surface area contributed by atoms with Crippen LogP contribution >= 0.6 is 11.6 Å². The van der Waals surface area contributed by atoms with Gasteiger partial charge in [-0.3, -0.25) is 4.79 Å². The SMILES string of the molecule is Cc1c(CC(N)C(=O)O)c2cc(Cl)ccc2n1C. The predicted molar refractivity (Wildman–Crippen MR) is 72.0 cm³/mol. The van der Waals surface area contributed by atoms with Gasteiger partial charge in [-0.25, -0.2) is 0 Å². The van der Waals surface area contributed by atoms with Gasteiger partial charge in [0.1, 0.15) is 6.04 Å². The van der Waals surface area contributed by atoms with E-state index >= 15 is 0 Å². The molecule has 18 heavy (non-hydrogen) atoms. The fourth-order valence-corrected chi connectivity index (χ4v) is 2.36. The molecule has 0 bridgehead atoms. The Hall–Kier alpha value is -1.52. The zero-order chi connectivity index (χ0) is 13.4. The van der Waals surface area contributed by atoms with Crippen molar-refractivity contribution in [2.75, 3.05) is 0 Å². The number of nitrogens with zero attached hydrogens (tertiary/aromatic N) is 1. The van der Waals surface area contributed by atoms with Crippen molar-refractivity contribution in [2.24, 2.45) is 12.8 Å². The number of carboxylic acids is 1. The number of carboxylic acid groups (broad SMARTS) is 1. The van der Waals surface area contributed by atoms with E-state index in [1.807, 2.05) is 36.7 Å². The first kappa shape index (κ1) is 12.9. The van der Waals surface area contributed by atoms with Gasteiger partial charge >= 0.3 is 5.97 Å². The second-order valence-corrected chi connectivity index (χ2v) is 4.87. The second-order valence-electron chi connectivity index (χ2n) is 4.43. The van der Waals surface area contributed by atoms with Gasteiger partial charge in [0.25, 0.3) is 0 Å². The molecule has 0 spiro atoms. The lowest BCUT2D eigenvalue weighted by molar-refractivity contribution is -0.138. The summed E-state index contributed by atoms with van der Waals surface area (Å²) < 4.78 is 2.02. The monoisotopic (exact) mass is 266 g/mol. The molecule has 0 aliphatic heterocycles. The molecule has 2 aromatic rings. The molecule has 5 heteroatoms. The number of fused-ring (bicyclic) bond motifs is 1. The Bertz CT molecular complexity index is 619. The summed E-state index contributed by atoms with van der Waals surface area (Å²) >= 11 is 5.99. The Kier molecular flexibility index (Phi) is 3.32. The van der Waals surface area contributed by atoms with E-state index in [9.17, 15) is 4.79 Å². The predicted octanol–water partition coefficient (Wildman–Crippen LogP) is 2.09. The topological polar surface area (TPSA) is 68.2 Å². The molecule has 0 saturated carbocycles. The molecule has 1 aromatic heterocycles. The van der Waals surface area contributed by atoms with Crippen LogP contribution in [0.4, 0.5) is 0 Å². The van der Waals surface area contributed by atoms with Crippen molar-refractivity contribution in [3.63, 3.8) is 0 Å². The molecule has 1 unspecified atom stereocenters. The molecule has 0 aliphatic rings. The Balaban J connectivity index is 2.58. The van der Waals surface area contributed by atoms with E-state index < -0.39 is 12.0 Å². The van der Waals surface area contributed by atoms with E-state index in [0.717, 1.165) is 22.2 Å². The van der Waals surface area contributed by atoms with Gasteiger partial charge in [0.05, 0.1) is 0 Å². The quantitative estimate of drug-likeness (QED) is 0.894. The molecule has 4 nitrogen and oxygen atoms in total. The number of hydrogen-bond acceptors (Lipinski definition) is 2. The number of halogens is 1. The Morgan fingerprint density at radius 3 is 2.83 bits per heavy atom. The van der Waals surface area contributed by atoms with Crippen LogP contribution in [-0.4, -0.2) is 21.7 Å². The fourth-order valence-electron chi connectivity index (χ4n) is 2.19. The molecule has 1 atom stereocenters. The highest BCUT2D eigenvalue weighted by molar-refractivity contribution is 6.31. The lowest BCUT2D eigenvalue weighted by Crippen LogP contribution is -2.32. The van der Waals surface area contributed by atoms with E-state index in [-0.39, 0.29) is 0 Å². The Morgan fingerprint density at radius 2 is 2.22 bits per heavy atom. The first-order valence-corrected chi connectivity index (χ1v) is 6.01. The van der Waals surface area contributed by atoms with Crippen LogP contribution in [0.25, 0.3) is 10.9 Å². The minimum Gasteiger partial charge on any atom is -0.480 e. The molecular weight excluding hydrogens is 252 g/mol. The van der Waals surface area contributed by atoms with Crippen molar-refractivity contribution >= 4 is 28.5 Å². The number of aliphatic carboxylic acids is 1. The first-order valence-electron chi connectivity index (χ1n) is 5.63. The Morgan fingerprint density at radius 1 is 1.56 bits per heavy atom. The molecule has 3 N–H and O–H groups in total. The summed E-state index contributed by atoms with van der Waals surface area (Å²) in [7, 11) is 1.95. The minimum absolute atomic E-state index is 0.304. The van der Waals surface area contributed by atoms with E-state index in [1.54, 1.807) is 0 Å². The lowest BCUT2D eigenvalue weighted by atomic mass is 10.0. The normalized spacial score (nSPS) is 12.9. The van der Waals surface area contributed by atoms with Crippen LogP contribution in [0.2, 0.25) is 5.02 Å².